The van der Waals surface area contributed by atoms with Crippen molar-refractivity contribution in [2.24, 2.45) is 5.89 Å². The first-order valence-corrected chi connectivity index (χ1v) is 3.64. The minimum atomic E-state index is -2.49. The molecule has 0 bridgehead atoms. The molecule has 15 heavy (non-hydrogen) atoms. The Labute approximate surface area is 85.6 Å². The van der Waals surface area contributed by atoms with Crippen LogP contribution in [-0.2, 0) is 4.79 Å². The number of allylic oxidation sites excluding steroid dienone is 2. The predicted molar refractivity (Wildman–Crippen MR) is 45.9 cm³/mol. The lowest BCUT2D eigenvalue weighted by atomic mass is 9.97. The molecule has 8 nitrogen and oxygen atoms in total. The second-order valence-corrected chi connectivity index (χ2v) is 2.62. The smallest absolute Gasteiger partial charge is 0.311 e. The van der Waals surface area contributed by atoms with Gasteiger partial charge in [0.2, 0.25) is 0 Å². The fourth-order valence-electron chi connectivity index (χ4n) is 0.970. The molecule has 0 saturated carbocycles. The van der Waals surface area contributed by atoms with E-state index in [0.29, 0.717) is 6.08 Å². The molecule has 0 spiro atoms. The highest BCUT2D eigenvalue weighted by Gasteiger charge is 2.31. The number of rotatable bonds is 3. The van der Waals surface area contributed by atoms with Crippen LogP contribution in [0.5, 0.6) is 0 Å². The van der Waals surface area contributed by atoms with Crippen molar-refractivity contribution < 1.29 is 22.5 Å². The summed E-state index contributed by atoms with van der Waals surface area (Å²) in [5, 5.41) is 29.8. The van der Waals surface area contributed by atoms with Crippen molar-refractivity contribution in [2.75, 3.05) is 0 Å². The van der Waals surface area contributed by atoms with Crippen LogP contribution in [0.15, 0.2) is 23.5 Å². The first-order valence-electron chi connectivity index (χ1n) is 4.64. The van der Waals surface area contributed by atoms with Gasteiger partial charge in [-0.05, 0) is 0 Å². The molecule has 0 aromatic carbocycles. The SMILES string of the molecule is [2H]C1=C([N+](=O)[O-])CC([2H])(C(=O)O)C=C1[N+](=O)[O-]. The van der Waals surface area contributed by atoms with Crippen LogP contribution < -0.4 is 0 Å². The third-order valence-corrected chi connectivity index (χ3v) is 1.63. The number of hydrogen-bond acceptors (Lipinski definition) is 5. The van der Waals surface area contributed by atoms with Crippen LogP contribution in [0.2, 0.25) is 0 Å². The lowest BCUT2D eigenvalue weighted by molar-refractivity contribution is -0.439. The van der Waals surface area contributed by atoms with E-state index in [1.807, 2.05) is 0 Å². The third-order valence-electron chi connectivity index (χ3n) is 1.63. The molecule has 0 amide bonds. The summed E-state index contributed by atoms with van der Waals surface area (Å²) in [7, 11) is 0. The van der Waals surface area contributed by atoms with Gasteiger partial charge in [-0.25, -0.2) is 0 Å². The normalized spacial score (nSPS) is 27.6. The van der Waals surface area contributed by atoms with Crippen molar-refractivity contribution in [3.05, 3.63) is 43.8 Å². The van der Waals surface area contributed by atoms with Gasteiger partial charge in [0.1, 0.15) is 0 Å². The molecule has 80 valence electrons. The molecule has 1 aliphatic rings. The van der Waals surface area contributed by atoms with E-state index >= 15 is 0 Å². The Bertz CT molecular complexity index is 485. The quantitative estimate of drug-likeness (QED) is 0.538. The van der Waals surface area contributed by atoms with Crippen LogP contribution in [-0.4, -0.2) is 20.9 Å². The topological polar surface area (TPSA) is 124 Å². The summed E-state index contributed by atoms with van der Waals surface area (Å²) in [6.45, 7) is 0. The molecule has 1 rings (SSSR count). The molecular formula is C7H6N2O6. The monoisotopic (exact) mass is 216 g/mol. The third kappa shape index (κ3) is 2.36. The second kappa shape index (κ2) is 3.86. The highest BCUT2D eigenvalue weighted by atomic mass is 16.6. The molecule has 0 radical (unpaired) electrons. The Kier molecular flexibility index (Phi) is 2.08. The van der Waals surface area contributed by atoms with Crippen LogP contribution >= 0.6 is 0 Å². The van der Waals surface area contributed by atoms with Gasteiger partial charge < -0.3 is 5.11 Å². The van der Waals surface area contributed by atoms with E-state index in [4.69, 9.17) is 7.85 Å². The molecule has 0 saturated heterocycles. The van der Waals surface area contributed by atoms with Crippen molar-refractivity contribution in [2.45, 2.75) is 6.42 Å². The van der Waals surface area contributed by atoms with Crippen molar-refractivity contribution in [3.63, 3.8) is 0 Å². The molecule has 0 heterocycles. The summed E-state index contributed by atoms with van der Waals surface area (Å²) < 4.78 is 14.6. The fourth-order valence-corrected chi connectivity index (χ4v) is 0.970. The van der Waals surface area contributed by atoms with Crippen molar-refractivity contribution in [1.29, 1.82) is 0 Å². The highest BCUT2D eigenvalue weighted by molar-refractivity contribution is 5.73. The molecule has 1 aliphatic carbocycles. The molecule has 1 unspecified atom stereocenters. The van der Waals surface area contributed by atoms with Gasteiger partial charge in [0.25, 0.3) is 11.4 Å². The molecular weight excluding hydrogens is 208 g/mol. The summed E-state index contributed by atoms with van der Waals surface area (Å²) in [5.74, 6) is -4.24. The molecule has 8 heteroatoms. The van der Waals surface area contributed by atoms with Gasteiger partial charge in [-0.1, -0.05) is 0 Å². The van der Waals surface area contributed by atoms with E-state index in [0.717, 1.165) is 0 Å². The van der Waals surface area contributed by atoms with Crippen LogP contribution in [0.25, 0.3) is 0 Å². The Balaban J connectivity index is 3.42. The lowest BCUT2D eigenvalue weighted by Gasteiger charge is -2.09. The average Bonchev–Trinajstić information content (AvgIpc) is 2.20. The molecule has 1 atom stereocenters. The van der Waals surface area contributed by atoms with Crippen molar-refractivity contribution in [3.8, 4) is 0 Å². The predicted octanol–water partition coefficient (Wildman–Crippen LogP) is 0.412. The van der Waals surface area contributed by atoms with Crippen LogP contribution in [0.4, 0.5) is 0 Å². The molecule has 0 aromatic rings. The molecule has 0 aromatic heterocycles. The minimum absolute atomic E-state index is 0.435. The first kappa shape index (κ1) is 8.09. The maximum absolute atomic E-state index is 10.8. The second-order valence-electron chi connectivity index (χ2n) is 2.62. The Morgan fingerprint density at radius 1 is 1.60 bits per heavy atom. The number of hydrogen-bond donors (Lipinski definition) is 1. The maximum atomic E-state index is 10.8. The van der Waals surface area contributed by atoms with Crippen LogP contribution in [0.3, 0.4) is 0 Å². The van der Waals surface area contributed by atoms with Crippen LogP contribution in [0.1, 0.15) is 9.16 Å². The zero-order valence-corrected chi connectivity index (χ0v) is 7.17. The average molecular weight is 216 g/mol. The largest absolute Gasteiger partial charge is 0.481 e. The van der Waals surface area contributed by atoms with Gasteiger partial charge in [0, 0.05) is 7.45 Å². The van der Waals surface area contributed by atoms with E-state index in [1.54, 1.807) is 0 Å². The number of carboxylic acids is 1. The zero-order valence-electron chi connectivity index (χ0n) is 9.17. The zero-order chi connectivity index (χ0) is 13.4. The summed E-state index contributed by atoms with van der Waals surface area (Å²) in [5.41, 5.74) is -1.99. The van der Waals surface area contributed by atoms with E-state index in [2.05, 4.69) is 0 Å². The van der Waals surface area contributed by atoms with E-state index in [1.165, 1.54) is 0 Å². The molecule has 0 aliphatic heterocycles. The van der Waals surface area contributed by atoms with Gasteiger partial charge in [0.15, 0.2) is 0 Å². The van der Waals surface area contributed by atoms with Crippen molar-refractivity contribution in [1.82, 2.24) is 0 Å². The fraction of sp³-hybridized carbons (Fsp3) is 0.286. The van der Waals surface area contributed by atoms with Gasteiger partial charge in [-0.15, -0.1) is 0 Å². The number of aliphatic carboxylic acids is 1. The Morgan fingerprint density at radius 3 is 2.60 bits per heavy atom. The van der Waals surface area contributed by atoms with Gasteiger partial charge >= 0.3 is 5.97 Å². The van der Waals surface area contributed by atoms with E-state index < -0.39 is 45.6 Å². The standard InChI is InChI=1S/C7H6N2O6/c10-7(11)4-1-5(8(12)13)3-6(2-4)9(14)15/h1,3-4H,2H2,(H,10,11)/i3D,4D. The molecule has 1 N–H and O–H groups in total. The lowest BCUT2D eigenvalue weighted by Crippen LogP contribution is -2.20. The summed E-state index contributed by atoms with van der Waals surface area (Å²) in [6.07, 6.45) is -0.448. The number of carbonyl (C=O) groups is 1. The Morgan fingerprint density at radius 2 is 2.20 bits per heavy atom. The summed E-state index contributed by atoms with van der Waals surface area (Å²) in [6, 6.07) is -0.968. The highest BCUT2D eigenvalue weighted by Crippen LogP contribution is 2.23. The van der Waals surface area contributed by atoms with Gasteiger partial charge in [-0.2, -0.15) is 0 Å². The van der Waals surface area contributed by atoms with Gasteiger partial charge in [-0.3, -0.25) is 25.0 Å². The van der Waals surface area contributed by atoms with Crippen LogP contribution in [0, 0.1) is 26.1 Å². The minimum Gasteiger partial charge on any atom is -0.481 e. The maximum Gasteiger partial charge on any atom is 0.311 e. The number of nitro groups is 2. The number of carboxylic acid groups (broad SMARTS) is 1. The Hall–Kier alpha value is -2.25. The molecule has 0 fully saturated rings. The van der Waals surface area contributed by atoms with E-state index in [9.17, 15) is 25.0 Å². The van der Waals surface area contributed by atoms with Gasteiger partial charge in [0.05, 0.1) is 29.6 Å². The number of nitrogens with zero attached hydrogens (tertiary/aromatic N) is 2. The summed E-state index contributed by atoms with van der Waals surface area (Å²) >= 11 is 0. The summed E-state index contributed by atoms with van der Waals surface area (Å²) in [4.78, 5) is 29.6. The first-order chi connectivity index (χ1) is 7.69. The van der Waals surface area contributed by atoms with E-state index in [-0.39, 0.29) is 0 Å². The van der Waals surface area contributed by atoms with Crippen molar-refractivity contribution >= 4 is 5.97 Å².